The highest BCUT2D eigenvalue weighted by molar-refractivity contribution is 5.81. The number of hydrogen-bond acceptors (Lipinski definition) is 4. The van der Waals surface area contributed by atoms with Crippen LogP contribution >= 0.6 is 0 Å². The van der Waals surface area contributed by atoms with Gasteiger partial charge in [0, 0.05) is 12.6 Å². The van der Waals surface area contributed by atoms with E-state index in [1.165, 1.54) is 6.42 Å². The average Bonchev–Trinajstić information content (AvgIpc) is 2.77. The molecule has 1 aliphatic carbocycles. The van der Waals surface area contributed by atoms with E-state index in [2.05, 4.69) is 24.2 Å². The molecule has 17 heavy (non-hydrogen) atoms. The molecule has 1 saturated heterocycles. The molecular formula is C12H23N3O2. The van der Waals surface area contributed by atoms with Gasteiger partial charge in [-0.15, -0.1) is 0 Å². The first-order valence-electron chi connectivity index (χ1n) is 6.53. The summed E-state index contributed by atoms with van der Waals surface area (Å²) in [4.78, 5) is 14.2. The number of nitrogens with zero attached hydrogens (tertiary/aromatic N) is 1. The fraction of sp³-hybridized carbons (Fsp3) is 0.917. The molecule has 0 aromatic heterocycles. The molecule has 1 saturated carbocycles. The van der Waals surface area contributed by atoms with Crippen LogP contribution in [-0.2, 0) is 9.53 Å². The molecule has 3 unspecified atom stereocenters. The third-order valence-corrected chi connectivity index (χ3v) is 3.92. The number of nitrogens with one attached hydrogen (secondary N) is 1. The predicted molar refractivity (Wildman–Crippen MR) is 65.0 cm³/mol. The standard InChI is InChI=1S/C12H23N3O2/c1-8(2)11(12(16)14-13)15-6-7-17-10-5-3-4-9(10)15/h8-11H,3-7,13H2,1-2H3,(H,14,16). The molecule has 5 nitrogen and oxygen atoms in total. The lowest BCUT2D eigenvalue weighted by molar-refractivity contribution is -0.136. The van der Waals surface area contributed by atoms with E-state index in [0.717, 1.165) is 26.0 Å². The van der Waals surface area contributed by atoms with Gasteiger partial charge in [-0.2, -0.15) is 0 Å². The van der Waals surface area contributed by atoms with Gasteiger partial charge >= 0.3 is 0 Å². The van der Waals surface area contributed by atoms with Gasteiger partial charge < -0.3 is 4.74 Å². The normalized spacial score (nSPS) is 31.3. The van der Waals surface area contributed by atoms with E-state index in [1.807, 2.05) is 0 Å². The zero-order chi connectivity index (χ0) is 12.4. The molecule has 0 radical (unpaired) electrons. The summed E-state index contributed by atoms with van der Waals surface area (Å²) in [5.74, 6) is 5.48. The largest absolute Gasteiger partial charge is 0.375 e. The van der Waals surface area contributed by atoms with Crippen LogP contribution < -0.4 is 11.3 Å². The summed E-state index contributed by atoms with van der Waals surface area (Å²) in [5, 5.41) is 0. The minimum Gasteiger partial charge on any atom is -0.375 e. The molecule has 0 bridgehead atoms. The van der Waals surface area contributed by atoms with Crippen molar-refractivity contribution >= 4 is 5.91 Å². The van der Waals surface area contributed by atoms with Crippen molar-refractivity contribution in [3.8, 4) is 0 Å². The SMILES string of the molecule is CC(C)C(C(=O)NN)N1CCOC2CCCC21. The molecule has 3 atom stereocenters. The second-order valence-electron chi connectivity index (χ2n) is 5.34. The number of rotatable bonds is 3. The molecule has 1 amide bonds. The van der Waals surface area contributed by atoms with Crippen molar-refractivity contribution in [2.45, 2.75) is 51.3 Å². The third kappa shape index (κ3) is 2.46. The Bertz CT molecular complexity index is 283. The van der Waals surface area contributed by atoms with Crippen LogP contribution in [0.4, 0.5) is 0 Å². The van der Waals surface area contributed by atoms with Crippen LogP contribution in [0, 0.1) is 5.92 Å². The Hall–Kier alpha value is -0.650. The quantitative estimate of drug-likeness (QED) is 0.422. The first-order valence-corrected chi connectivity index (χ1v) is 6.53. The van der Waals surface area contributed by atoms with Crippen LogP contribution in [0.15, 0.2) is 0 Å². The first kappa shape index (κ1) is 12.8. The highest BCUT2D eigenvalue weighted by Gasteiger charge is 2.42. The van der Waals surface area contributed by atoms with Gasteiger partial charge in [0.15, 0.2) is 0 Å². The van der Waals surface area contributed by atoms with Crippen LogP contribution in [0.5, 0.6) is 0 Å². The molecule has 5 heteroatoms. The van der Waals surface area contributed by atoms with Gasteiger partial charge in [0.1, 0.15) is 0 Å². The summed E-state index contributed by atoms with van der Waals surface area (Å²) >= 11 is 0. The highest BCUT2D eigenvalue weighted by Crippen LogP contribution is 2.32. The lowest BCUT2D eigenvalue weighted by atomic mass is 9.97. The zero-order valence-corrected chi connectivity index (χ0v) is 10.7. The number of nitrogens with two attached hydrogens (primary N) is 1. The Morgan fingerprint density at radius 3 is 2.88 bits per heavy atom. The second-order valence-corrected chi connectivity index (χ2v) is 5.34. The molecule has 3 N–H and O–H groups in total. The number of amides is 1. The number of hydrazine groups is 1. The Labute approximate surface area is 103 Å². The average molecular weight is 241 g/mol. The van der Waals surface area contributed by atoms with E-state index in [-0.39, 0.29) is 17.9 Å². The Balaban J connectivity index is 2.14. The lowest BCUT2D eigenvalue weighted by Gasteiger charge is -2.43. The number of ether oxygens (including phenoxy) is 1. The second kappa shape index (κ2) is 5.33. The summed E-state index contributed by atoms with van der Waals surface area (Å²) in [7, 11) is 0. The Morgan fingerprint density at radius 2 is 2.24 bits per heavy atom. The molecule has 2 aliphatic rings. The van der Waals surface area contributed by atoms with E-state index in [0.29, 0.717) is 12.1 Å². The van der Waals surface area contributed by atoms with Crippen LogP contribution in [0.25, 0.3) is 0 Å². The molecule has 0 aromatic rings. The smallest absolute Gasteiger partial charge is 0.251 e. The van der Waals surface area contributed by atoms with Gasteiger partial charge in [0.2, 0.25) is 0 Å². The van der Waals surface area contributed by atoms with Crippen molar-refractivity contribution in [1.82, 2.24) is 10.3 Å². The van der Waals surface area contributed by atoms with Crippen LogP contribution in [-0.4, -0.2) is 42.1 Å². The number of carbonyl (C=O) groups excluding carboxylic acids is 1. The van der Waals surface area contributed by atoms with Crippen LogP contribution in [0.1, 0.15) is 33.1 Å². The molecule has 98 valence electrons. The molecule has 0 spiro atoms. The summed E-state index contributed by atoms with van der Waals surface area (Å²) in [6.07, 6.45) is 3.76. The van der Waals surface area contributed by atoms with E-state index < -0.39 is 0 Å². The number of hydrogen-bond donors (Lipinski definition) is 2. The molecule has 1 aliphatic heterocycles. The predicted octanol–water partition coefficient (Wildman–Crippen LogP) is 0.254. The molecule has 2 fully saturated rings. The minimum atomic E-state index is -0.130. The summed E-state index contributed by atoms with van der Waals surface area (Å²) < 4.78 is 5.77. The van der Waals surface area contributed by atoms with Gasteiger partial charge in [0.25, 0.3) is 5.91 Å². The van der Waals surface area contributed by atoms with Crippen molar-refractivity contribution in [3.63, 3.8) is 0 Å². The molecule has 2 rings (SSSR count). The van der Waals surface area contributed by atoms with Gasteiger partial charge in [0.05, 0.1) is 18.8 Å². The summed E-state index contributed by atoms with van der Waals surface area (Å²) in [6, 6.07) is 0.267. The Kier molecular flexibility index (Phi) is 4.01. The number of morpholine rings is 1. The van der Waals surface area contributed by atoms with Gasteiger partial charge in [-0.05, 0) is 25.2 Å². The first-order chi connectivity index (χ1) is 8.15. The van der Waals surface area contributed by atoms with Crippen LogP contribution in [0.2, 0.25) is 0 Å². The monoisotopic (exact) mass is 241 g/mol. The van der Waals surface area contributed by atoms with Gasteiger partial charge in [-0.3, -0.25) is 15.1 Å². The number of fused-ring (bicyclic) bond motifs is 1. The topological polar surface area (TPSA) is 67.6 Å². The minimum absolute atomic E-state index is 0.0763. The van der Waals surface area contributed by atoms with E-state index in [4.69, 9.17) is 10.6 Å². The van der Waals surface area contributed by atoms with Crippen molar-refractivity contribution in [3.05, 3.63) is 0 Å². The van der Waals surface area contributed by atoms with E-state index in [9.17, 15) is 4.79 Å². The van der Waals surface area contributed by atoms with Crippen molar-refractivity contribution in [2.75, 3.05) is 13.2 Å². The molecular weight excluding hydrogens is 218 g/mol. The van der Waals surface area contributed by atoms with E-state index in [1.54, 1.807) is 0 Å². The molecule has 0 aromatic carbocycles. The number of carbonyl (C=O) groups is 1. The van der Waals surface area contributed by atoms with E-state index >= 15 is 0 Å². The maximum absolute atomic E-state index is 11.9. The maximum Gasteiger partial charge on any atom is 0.251 e. The zero-order valence-electron chi connectivity index (χ0n) is 10.7. The van der Waals surface area contributed by atoms with Gasteiger partial charge in [-0.1, -0.05) is 13.8 Å². The van der Waals surface area contributed by atoms with Crippen molar-refractivity contribution in [2.24, 2.45) is 11.8 Å². The summed E-state index contributed by atoms with van der Waals surface area (Å²) in [5.41, 5.74) is 2.30. The fourth-order valence-corrected chi connectivity index (χ4v) is 3.22. The maximum atomic E-state index is 11.9. The van der Waals surface area contributed by atoms with Crippen LogP contribution in [0.3, 0.4) is 0 Å². The van der Waals surface area contributed by atoms with Crippen molar-refractivity contribution in [1.29, 1.82) is 0 Å². The van der Waals surface area contributed by atoms with Crippen molar-refractivity contribution < 1.29 is 9.53 Å². The summed E-state index contributed by atoms with van der Waals surface area (Å²) in [6.45, 7) is 5.69. The lowest BCUT2D eigenvalue weighted by Crippen LogP contribution is -2.60. The fourth-order valence-electron chi connectivity index (χ4n) is 3.22. The third-order valence-electron chi connectivity index (χ3n) is 3.92. The van der Waals surface area contributed by atoms with Gasteiger partial charge in [-0.25, -0.2) is 5.84 Å². The highest BCUT2D eigenvalue weighted by atomic mass is 16.5. The Morgan fingerprint density at radius 1 is 1.47 bits per heavy atom. The molecule has 1 heterocycles.